The predicted molar refractivity (Wildman–Crippen MR) is 98.6 cm³/mol. The zero-order valence-electron chi connectivity index (χ0n) is 15.2. The van der Waals surface area contributed by atoms with Crippen LogP contribution < -0.4 is 0 Å². The standard InChI is InChI=1S/C20H17F3N4O2/c21-20(22,23)15-4-2-1-3-14(15)12-7-9-27(10-8-12)19(29)18-25-16-6-5-13(11-28)24-17(16)26-18/h1-6,11-12H,7-10H2,(H,24,25,26). The van der Waals surface area contributed by atoms with Crippen molar-refractivity contribution < 1.29 is 22.8 Å². The highest BCUT2D eigenvalue weighted by Crippen LogP contribution is 2.38. The second-order valence-electron chi connectivity index (χ2n) is 6.96. The van der Waals surface area contributed by atoms with Crippen molar-refractivity contribution in [2.24, 2.45) is 0 Å². The first kappa shape index (κ1) is 19.1. The maximum atomic E-state index is 13.3. The van der Waals surface area contributed by atoms with Gasteiger partial charge in [-0.3, -0.25) is 9.59 Å². The zero-order chi connectivity index (χ0) is 20.6. The van der Waals surface area contributed by atoms with Gasteiger partial charge < -0.3 is 9.88 Å². The Labute approximate surface area is 163 Å². The smallest absolute Gasteiger partial charge is 0.336 e. The van der Waals surface area contributed by atoms with E-state index >= 15 is 0 Å². The Kier molecular flexibility index (Phi) is 4.81. The summed E-state index contributed by atoms with van der Waals surface area (Å²) in [5, 5.41) is 0. The predicted octanol–water partition coefficient (Wildman–Crippen LogP) is 3.81. The number of rotatable bonds is 3. The molecule has 1 aromatic carbocycles. The van der Waals surface area contributed by atoms with Crippen molar-refractivity contribution >= 4 is 23.4 Å². The Morgan fingerprint density at radius 1 is 1.10 bits per heavy atom. The number of alkyl halides is 3. The molecule has 1 fully saturated rings. The molecule has 2 aromatic heterocycles. The molecule has 0 bridgehead atoms. The topological polar surface area (TPSA) is 79.0 Å². The minimum atomic E-state index is -4.40. The lowest BCUT2D eigenvalue weighted by Crippen LogP contribution is -2.38. The molecule has 0 spiro atoms. The highest BCUT2D eigenvalue weighted by molar-refractivity contribution is 5.94. The number of piperidine rings is 1. The fourth-order valence-corrected chi connectivity index (χ4v) is 3.73. The van der Waals surface area contributed by atoms with Crippen molar-refractivity contribution in [3.8, 4) is 0 Å². The number of imidazole rings is 1. The number of benzene rings is 1. The van der Waals surface area contributed by atoms with Crippen molar-refractivity contribution in [1.82, 2.24) is 19.9 Å². The van der Waals surface area contributed by atoms with Gasteiger partial charge in [-0.05, 0) is 42.5 Å². The van der Waals surface area contributed by atoms with E-state index in [9.17, 15) is 22.8 Å². The normalized spacial score (nSPS) is 15.6. The van der Waals surface area contributed by atoms with Crippen LogP contribution in [0.1, 0.15) is 51.0 Å². The highest BCUT2D eigenvalue weighted by atomic mass is 19.4. The SMILES string of the molecule is O=Cc1ccc2[nH]c(C(=O)N3CCC(c4ccccc4C(F)(F)F)CC3)nc2n1. The molecule has 0 aliphatic carbocycles. The van der Waals surface area contributed by atoms with Crippen LogP contribution in [-0.4, -0.2) is 45.1 Å². The van der Waals surface area contributed by atoms with Gasteiger partial charge >= 0.3 is 6.18 Å². The number of aromatic amines is 1. The number of carbonyl (C=O) groups excluding carboxylic acids is 2. The lowest BCUT2D eigenvalue weighted by molar-refractivity contribution is -0.138. The van der Waals surface area contributed by atoms with Crippen molar-refractivity contribution in [1.29, 1.82) is 0 Å². The second-order valence-corrected chi connectivity index (χ2v) is 6.96. The maximum absolute atomic E-state index is 13.3. The number of nitrogens with zero attached hydrogens (tertiary/aromatic N) is 3. The molecule has 0 radical (unpaired) electrons. The van der Waals surface area contributed by atoms with Gasteiger partial charge in [0.05, 0.1) is 11.1 Å². The van der Waals surface area contributed by atoms with E-state index in [0.29, 0.717) is 37.7 Å². The molecule has 1 aliphatic heterocycles. The zero-order valence-corrected chi connectivity index (χ0v) is 15.2. The van der Waals surface area contributed by atoms with E-state index in [2.05, 4.69) is 15.0 Å². The largest absolute Gasteiger partial charge is 0.416 e. The van der Waals surface area contributed by atoms with E-state index in [-0.39, 0.29) is 34.6 Å². The molecule has 1 N–H and O–H groups in total. The molecule has 150 valence electrons. The minimum absolute atomic E-state index is 0.102. The van der Waals surface area contributed by atoms with Crippen molar-refractivity contribution in [3.63, 3.8) is 0 Å². The van der Waals surface area contributed by atoms with E-state index in [1.54, 1.807) is 17.0 Å². The molecule has 29 heavy (non-hydrogen) atoms. The third-order valence-electron chi connectivity index (χ3n) is 5.18. The Bertz CT molecular complexity index is 1070. The molecule has 1 aliphatic rings. The van der Waals surface area contributed by atoms with Crippen molar-refractivity contribution in [2.75, 3.05) is 13.1 Å². The third-order valence-corrected chi connectivity index (χ3v) is 5.18. The van der Waals surface area contributed by atoms with E-state index in [1.165, 1.54) is 18.2 Å². The van der Waals surface area contributed by atoms with Gasteiger partial charge in [0.25, 0.3) is 5.91 Å². The number of fused-ring (bicyclic) bond motifs is 1. The fraction of sp³-hybridized carbons (Fsp3) is 0.300. The van der Waals surface area contributed by atoms with Crippen LogP contribution in [-0.2, 0) is 6.18 Å². The number of amides is 1. The summed E-state index contributed by atoms with van der Waals surface area (Å²) in [6, 6.07) is 8.75. The Balaban J connectivity index is 1.49. The van der Waals surface area contributed by atoms with Gasteiger partial charge in [-0.1, -0.05) is 18.2 Å². The summed E-state index contributed by atoms with van der Waals surface area (Å²) in [5.41, 5.74) is 0.688. The highest BCUT2D eigenvalue weighted by Gasteiger charge is 2.36. The minimum Gasteiger partial charge on any atom is -0.336 e. The monoisotopic (exact) mass is 402 g/mol. The summed E-state index contributed by atoms with van der Waals surface area (Å²) in [4.78, 5) is 36.2. The van der Waals surface area contributed by atoms with Crippen LogP contribution in [0.15, 0.2) is 36.4 Å². The summed E-state index contributed by atoms with van der Waals surface area (Å²) < 4.78 is 39.8. The molecule has 0 unspecified atom stereocenters. The number of pyridine rings is 1. The maximum Gasteiger partial charge on any atom is 0.416 e. The number of hydrogen-bond donors (Lipinski definition) is 1. The number of carbonyl (C=O) groups is 2. The van der Waals surface area contributed by atoms with Crippen LogP contribution in [0.2, 0.25) is 0 Å². The quantitative estimate of drug-likeness (QED) is 0.676. The van der Waals surface area contributed by atoms with Crippen LogP contribution in [0, 0.1) is 0 Å². The molecule has 1 amide bonds. The first-order valence-corrected chi connectivity index (χ1v) is 9.14. The van der Waals surface area contributed by atoms with Crippen LogP contribution in [0.25, 0.3) is 11.2 Å². The van der Waals surface area contributed by atoms with Crippen LogP contribution in [0.5, 0.6) is 0 Å². The molecule has 9 heteroatoms. The van der Waals surface area contributed by atoms with Gasteiger partial charge in [0.1, 0.15) is 5.69 Å². The Hall–Kier alpha value is -3.23. The number of halogens is 3. The first-order chi connectivity index (χ1) is 13.9. The molecule has 6 nitrogen and oxygen atoms in total. The van der Waals surface area contributed by atoms with Gasteiger partial charge in [-0.25, -0.2) is 9.97 Å². The Morgan fingerprint density at radius 3 is 2.52 bits per heavy atom. The van der Waals surface area contributed by atoms with Crippen molar-refractivity contribution in [3.05, 3.63) is 59.0 Å². The summed E-state index contributed by atoms with van der Waals surface area (Å²) >= 11 is 0. The molecule has 3 aromatic rings. The van der Waals surface area contributed by atoms with Gasteiger partial charge in [0.15, 0.2) is 17.8 Å². The molecule has 0 atom stereocenters. The average molecular weight is 402 g/mol. The Morgan fingerprint density at radius 2 is 1.83 bits per heavy atom. The van der Waals surface area contributed by atoms with Crippen LogP contribution in [0.3, 0.4) is 0 Å². The average Bonchev–Trinajstić information content (AvgIpc) is 3.16. The van der Waals surface area contributed by atoms with Gasteiger partial charge in [-0.2, -0.15) is 13.2 Å². The molecule has 3 heterocycles. The number of H-pyrrole nitrogens is 1. The van der Waals surface area contributed by atoms with Gasteiger partial charge in [-0.15, -0.1) is 0 Å². The third kappa shape index (κ3) is 3.72. The molecule has 0 saturated carbocycles. The lowest BCUT2D eigenvalue weighted by Gasteiger charge is -2.32. The lowest BCUT2D eigenvalue weighted by atomic mass is 9.86. The number of hydrogen-bond acceptors (Lipinski definition) is 4. The summed E-state index contributed by atoms with van der Waals surface area (Å²) in [7, 11) is 0. The first-order valence-electron chi connectivity index (χ1n) is 9.14. The number of likely N-dealkylation sites (tertiary alicyclic amines) is 1. The van der Waals surface area contributed by atoms with Crippen LogP contribution >= 0.6 is 0 Å². The molecule has 1 saturated heterocycles. The summed E-state index contributed by atoms with van der Waals surface area (Å²) in [6.07, 6.45) is -2.93. The van der Waals surface area contributed by atoms with Crippen molar-refractivity contribution in [2.45, 2.75) is 24.9 Å². The number of aromatic nitrogens is 3. The second kappa shape index (κ2) is 7.31. The number of aldehydes is 1. The summed E-state index contributed by atoms with van der Waals surface area (Å²) in [6.45, 7) is 0.666. The molecule has 4 rings (SSSR count). The fourth-order valence-electron chi connectivity index (χ4n) is 3.73. The summed E-state index contributed by atoms with van der Waals surface area (Å²) in [5.74, 6) is -0.493. The molecular weight excluding hydrogens is 385 g/mol. The van der Waals surface area contributed by atoms with Gasteiger partial charge in [0, 0.05) is 13.1 Å². The van der Waals surface area contributed by atoms with E-state index < -0.39 is 11.7 Å². The van der Waals surface area contributed by atoms with Gasteiger partial charge in [0.2, 0.25) is 0 Å². The van der Waals surface area contributed by atoms with E-state index in [1.807, 2.05) is 0 Å². The number of nitrogens with one attached hydrogen (secondary N) is 1. The van der Waals surface area contributed by atoms with E-state index in [4.69, 9.17) is 0 Å². The molecular formula is C20H17F3N4O2. The van der Waals surface area contributed by atoms with Crippen LogP contribution in [0.4, 0.5) is 13.2 Å². The van der Waals surface area contributed by atoms with E-state index in [0.717, 1.165) is 6.07 Å².